The molecule has 1 fully saturated rings. The van der Waals surface area contributed by atoms with Crippen LogP contribution >= 0.6 is 15.9 Å². The summed E-state index contributed by atoms with van der Waals surface area (Å²) in [7, 11) is 0. The fraction of sp³-hybridized carbons (Fsp3) is 0.286. The van der Waals surface area contributed by atoms with Gasteiger partial charge in [0.15, 0.2) is 0 Å². The average Bonchev–Trinajstić information content (AvgIpc) is 2.95. The predicted molar refractivity (Wildman–Crippen MR) is 73.4 cm³/mol. The van der Waals surface area contributed by atoms with Crippen molar-refractivity contribution in [3.05, 3.63) is 34.0 Å². The summed E-state index contributed by atoms with van der Waals surface area (Å²) in [4.78, 5) is 23.4. The van der Waals surface area contributed by atoms with Crippen molar-refractivity contribution in [2.45, 2.75) is 19.4 Å². The molecule has 0 saturated carbocycles. The summed E-state index contributed by atoms with van der Waals surface area (Å²) >= 11 is 3.37. The minimum Gasteiger partial charge on any atom is -0.463 e. The number of rotatable bonds is 2. The van der Waals surface area contributed by atoms with Crippen LogP contribution in [-0.4, -0.2) is 24.6 Å². The minimum absolute atomic E-state index is 0.123. The first kappa shape index (κ1) is 13.2. The largest absolute Gasteiger partial charge is 0.463 e. The number of furan rings is 1. The van der Waals surface area contributed by atoms with E-state index in [0.29, 0.717) is 17.6 Å². The van der Waals surface area contributed by atoms with Crippen molar-refractivity contribution in [3.63, 3.8) is 0 Å². The summed E-state index contributed by atoms with van der Waals surface area (Å²) in [5.41, 5.74) is 1.30. The number of aryl methyl sites for hydroxylation is 1. The maximum Gasteiger partial charge on any atom is 0.375 e. The third-order valence-electron chi connectivity index (χ3n) is 3.22. The van der Waals surface area contributed by atoms with Gasteiger partial charge in [-0.05, 0) is 25.1 Å². The first-order chi connectivity index (χ1) is 9.56. The van der Waals surface area contributed by atoms with Crippen LogP contribution in [0.15, 0.2) is 27.1 Å². The van der Waals surface area contributed by atoms with E-state index in [1.165, 1.54) is 0 Å². The molecule has 2 aromatic rings. The fourth-order valence-electron chi connectivity index (χ4n) is 2.15. The number of cyclic esters (lactones) is 1. The lowest BCUT2D eigenvalue weighted by Gasteiger charge is -2.06. The van der Waals surface area contributed by atoms with Crippen molar-refractivity contribution in [1.29, 1.82) is 0 Å². The summed E-state index contributed by atoms with van der Waals surface area (Å²) in [6, 6.07) is 5.47. The number of hydrogen-bond donors (Lipinski definition) is 0. The monoisotopic (exact) mass is 338 g/mol. The number of halogens is 1. The van der Waals surface area contributed by atoms with Crippen LogP contribution < -0.4 is 0 Å². The molecule has 20 heavy (non-hydrogen) atoms. The molecule has 0 radical (unpaired) electrons. The van der Waals surface area contributed by atoms with Gasteiger partial charge in [-0.2, -0.15) is 0 Å². The van der Waals surface area contributed by atoms with Gasteiger partial charge in [-0.3, -0.25) is 0 Å². The quantitative estimate of drug-likeness (QED) is 0.787. The zero-order chi connectivity index (χ0) is 14.3. The molecule has 2 heterocycles. The van der Waals surface area contributed by atoms with Gasteiger partial charge in [0.2, 0.25) is 11.9 Å². The molecule has 104 valence electrons. The Morgan fingerprint density at radius 2 is 2.25 bits per heavy atom. The third-order valence-corrected chi connectivity index (χ3v) is 3.71. The second-order valence-corrected chi connectivity index (χ2v) is 5.46. The van der Waals surface area contributed by atoms with Crippen molar-refractivity contribution >= 4 is 38.8 Å². The normalized spacial score (nSPS) is 18.3. The Morgan fingerprint density at radius 1 is 1.45 bits per heavy atom. The smallest absolute Gasteiger partial charge is 0.375 e. The van der Waals surface area contributed by atoms with Gasteiger partial charge in [0, 0.05) is 21.8 Å². The topological polar surface area (TPSA) is 65.7 Å². The lowest BCUT2D eigenvalue weighted by Crippen LogP contribution is -2.22. The molecule has 0 aliphatic carbocycles. The van der Waals surface area contributed by atoms with E-state index in [2.05, 4.69) is 15.9 Å². The third kappa shape index (κ3) is 2.20. The predicted octanol–water partition coefficient (Wildman–Crippen LogP) is 2.98. The molecule has 1 aliphatic rings. The molecular formula is C14H11BrO5. The van der Waals surface area contributed by atoms with Crippen LogP contribution in [0.1, 0.15) is 22.5 Å². The highest BCUT2D eigenvalue weighted by atomic mass is 79.9. The Kier molecular flexibility index (Phi) is 3.25. The van der Waals surface area contributed by atoms with E-state index in [4.69, 9.17) is 13.9 Å². The Hall–Kier alpha value is -1.82. The van der Waals surface area contributed by atoms with Gasteiger partial charge in [0.25, 0.3) is 0 Å². The van der Waals surface area contributed by atoms with Crippen molar-refractivity contribution < 1.29 is 23.5 Å². The van der Waals surface area contributed by atoms with Crippen molar-refractivity contribution in [1.82, 2.24) is 0 Å². The van der Waals surface area contributed by atoms with Gasteiger partial charge in [-0.15, -0.1) is 0 Å². The number of hydrogen-bond acceptors (Lipinski definition) is 5. The Morgan fingerprint density at radius 3 is 2.95 bits per heavy atom. The van der Waals surface area contributed by atoms with E-state index in [0.717, 1.165) is 9.86 Å². The molecule has 3 rings (SSSR count). The second-order valence-electron chi connectivity index (χ2n) is 4.55. The summed E-state index contributed by atoms with van der Waals surface area (Å²) in [5.74, 6) is -1.02. The lowest BCUT2D eigenvalue weighted by atomic mass is 10.1. The highest BCUT2D eigenvalue weighted by Gasteiger charge is 2.32. The van der Waals surface area contributed by atoms with Crippen LogP contribution in [0.5, 0.6) is 0 Å². The second kappa shape index (κ2) is 4.94. The number of fused-ring (bicyclic) bond motifs is 1. The van der Waals surface area contributed by atoms with Gasteiger partial charge >= 0.3 is 11.9 Å². The van der Waals surface area contributed by atoms with Crippen molar-refractivity contribution in [3.8, 4) is 0 Å². The first-order valence-electron chi connectivity index (χ1n) is 6.12. The van der Waals surface area contributed by atoms with Crippen LogP contribution in [0.25, 0.3) is 11.0 Å². The molecule has 6 heteroatoms. The number of benzene rings is 1. The van der Waals surface area contributed by atoms with Crippen molar-refractivity contribution in [2.75, 3.05) is 6.61 Å². The maximum absolute atomic E-state index is 12.1. The molecule has 1 aliphatic heterocycles. The SMILES string of the molecule is Cc1c(C(=O)O[C@@H]2CCOC2=O)oc2ccc(Br)cc12. The van der Waals surface area contributed by atoms with E-state index in [-0.39, 0.29) is 12.4 Å². The van der Waals surface area contributed by atoms with Crippen LogP contribution in [0, 0.1) is 6.92 Å². The minimum atomic E-state index is -0.832. The van der Waals surface area contributed by atoms with Crippen LogP contribution in [0.3, 0.4) is 0 Å². The maximum atomic E-state index is 12.1. The van der Waals surface area contributed by atoms with E-state index in [1.54, 1.807) is 13.0 Å². The first-order valence-corrected chi connectivity index (χ1v) is 6.92. The molecule has 1 aromatic carbocycles. The number of carbonyl (C=O) groups excluding carboxylic acids is 2. The van der Waals surface area contributed by atoms with Crippen LogP contribution in [0.4, 0.5) is 0 Å². The van der Waals surface area contributed by atoms with Gasteiger partial charge in [0.05, 0.1) is 6.61 Å². The molecule has 5 nitrogen and oxygen atoms in total. The Balaban J connectivity index is 1.91. The molecule has 0 bridgehead atoms. The van der Waals surface area contributed by atoms with Gasteiger partial charge in [0.1, 0.15) is 5.58 Å². The highest BCUT2D eigenvalue weighted by molar-refractivity contribution is 9.10. The van der Waals surface area contributed by atoms with E-state index in [9.17, 15) is 9.59 Å². The van der Waals surface area contributed by atoms with Crippen LogP contribution in [0.2, 0.25) is 0 Å². The lowest BCUT2D eigenvalue weighted by molar-refractivity contribution is -0.145. The summed E-state index contributed by atoms with van der Waals surface area (Å²) < 4.78 is 16.3. The number of esters is 2. The summed E-state index contributed by atoms with van der Waals surface area (Å²) in [6.07, 6.45) is -0.447. The zero-order valence-corrected chi connectivity index (χ0v) is 12.2. The van der Waals surface area contributed by atoms with Gasteiger partial charge < -0.3 is 13.9 Å². The average molecular weight is 339 g/mol. The van der Waals surface area contributed by atoms with E-state index >= 15 is 0 Å². The highest BCUT2D eigenvalue weighted by Crippen LogP contribution is 2.29. The standard InChI is InChI=1S/C14H11BrO5/c1-7-9-6-8(15)2-3-10(9)19-12(7)14(17)20-11-4-5-18-13(11)16/h2-3,6,11H,4-5H2,1H3/t11-/m1/s1. The molecule has 0 unspecified atom stereocenters. The molecule has 0 N–H and O–H groups in total. The summed E-state index contributed by atoms with van der Waals surface area (Å²) in [6.45, 7) is 2.06. The van der Waals surface area contributed by atoms with Gasteiger partial charge in [-0.1, -0.05) is 15.9 Å². The summed E-state index contributed by atoms with van der Waals surface area (Å²) in [5, 5.41) is 0.834. The molecule has 1 atom stereocenters. The van der Waals surface area contributed by atoms with Crippen LogP contribution in [-0.2, 0) is 14.3 Å². The molecular weight excluding hydrogens is 328 g/mol. The number of carbonyl (C=O) groups is 2. The molecule has 0 spiro atoms. The molecule has 1 aromatic heterocycles. The zero-order valence-electron chi connectivity index (χ0n) is 10.6. The molecule has 1 saturated heterocycles. The molecule has 0 amide bonds. The van der Waals surface area contributed by atoms with Crippen molar-refractivity contribution in [2.24, 2.45) is 0 Å². The van der Waals surface area contributed by atoms with E-state index in [1.807, 2.05) is 12.1 Å². The number of ether oxygens (including phenoxy) is 2. The Bertz CT molecular complexity index is 703. The fourth-order valence-corrected chi connectivity index (χ4v) is 2.52. The van der Waals surface area contributed by atoms with Gasteiger partial charge in [-0.25, -0.2) is 9.59 Å². The van der Waals surface area contributed by atoms with E-state index < -0.39 is 18.0 Å². The Labute approximate surface area is 123 Å².